The lowest BCUT2D eigenvalue weighted by Gasteiger charge is -2.35. The van der Waals surface area contributed by atoms with Crippen molar-refractivity contribution in [1.82, 2.24) is 0 Å². The summed E-state index contributed by atoms with van der Waals surface area (Å²) in [5, 5.41) is 0. The number of rotatable bonds is 66. The Labute approximate surface area is 487 Å². The first kappa shape index (κ1) is 77.1. The van der Waals surface area contributed by atoms with E-state index < -0.39 is 7.82 Å². The van der Waals surface area contributed by atoms with Crippen molar-refractivity contribution in [3.63, 3.8) is 0 Å². The van der Waals surface area contributed by atoms with Gasteiger partial charge in [-0.05, 0) is 62.2 Å². The maximum absolute atomic E-state index is 15.5. The van der Waals surface area contributed by atoms with Gasteiger partial charge in [0.15, 0.2) is 0 Å². The zero-order valence-corrected chi connectivity index (χ0v) is 55.5. The normalized spacial score (nSPS) is 14.5. The van der Waals surface area contributed by atoms with Crippen LogP contribution in [0.1, 0.15) is 428 Å². The lowest BCUT2D eigenvalue weighted by molar-refractivity contribution is 0.00510. The van der Waals surface area contributed by atoms with Crippen LogP contribution in [0.5, 0.6) is 0 Å². The van der Waals surface area contributed by atoms with Gasteiger partial charge >= 0.3 is 7.82 Å². The van der Waals surface area contributed by atoms with Gasteiger partial charge in [-0.1, -0.05) is 389 Å². The Balaban J connectivity index is 7.28. The summed E-state index contributed by atoms with van der Waals surface area (Å²) < 4.78 is 29.7. The molecule has 0 fully saturated rings. The van der Waals surface area contributed by atoms with Gasteiger partial charge in [-0.25, -0.2) is 4.57 Å². The average molecular weight is 1110 g/mol. The summed E-state index contributed by atoms with van der Waals surface area (Å²) in [6.45, 7) is 18.6. The fraction of sp³-hybridized carbons (Fsp3) is 1.00. The quantitative estimate of drug-likeness (QED) is 0.0487. The highest BCUT2D eigenvalue weighted by Gasteiger charge is 2.38. The highest BCUT2D eigenvalue weighted by Crippen LogP contribution is 2.52. The molecular weight excluding hydrogens is 960 g/mol. The van der Waals surface area contributed by atoms with E-state index in [2.05, 4.69) is 55.4 Å². The van der Waals surface area contributed by atoms with E-state index in [0.29, 0.717) is 23.7 Å². The van der Waals surface area contributed by atoms with Crippen LogP contribution in [-0.4, -0.2) is 17.1 Å². The highest BCUT2D eigenvalue weighted by molar-refractivity contribution is 7.47. The van der Waals surface area contributed by atoms with Gasteiger partial charge in [-0.15, -0.1) is 0 Å². The molecule has 1 N–H and O–H groups in total. The molecule has 464 valence electrons. The molecule has 0 aromatic heterocycles. The third-order valence-electron chi connectivity index (χ3n) is 18.3. The molecule has 0 aliphatic rings. The second-order valence-corrected chi connectivity index (χ2v) is 27.3. The zero-order chi connectivity index (χ0) is 56.4. The molecule has 0 aromatic carbocycles. The molecule has 0 saturated heterocycles. The lowest BCUT2D eigenvalue weighted by atomic mass is 9.82. The molecule has 77 heavy (non-hydrogen) atoms. The Morgan fingerprint density at radius 3 is 0.597 bits per heavy atom. The smallest absolute Gasteiger partial charge is 0.302 e. The van der Waals surface area contributed by atoms with Gasteiger partial charge in [0.05, 0.1) is 12.2 Å². The van der Waals surface area contributed by atoms with Gasteiger partial charge < -0.3 is 4.89 Å². The van der Waals surface area contributed by atoms with Gasteiger partial charge in [0.2, 0.25) is 0 Å². The minimum atomic E-state index is -4.41. The molecule has 5 heteroatoms. The molecule has 0 bridgehead atoms. The lowest BCUT2D eigenvalue weighted by Crippen LogP contribution is -2.30. The fourth-order valence-electron chi connectivity index (χ4n) is 13.1. The summed E-state index contributed by atoms with van der Waals surface area (Å²) >= 11 is 0. The number of phosphoric ester groups is 1. The predicted octanol–water partition coefficient (Wildman–Crippen LogP) is 27.1. The summed E-state index contributed by atoms with van der Waals surface area (Å²) in [5.41, 5.74) is 0. The Hall–Kier alpha value is 0.110. The van der Waals surface area contributed by atoms with E-state index in [1.54, 1.807) is 0 Å². The van der Waals surface area contributed by atoms with Crippen molar-refractivity contribution in [2.75, 3.05) is 0 Å². The first-order valence-corrected chi connectivity index (χ1v) is 37.9. The first-order valence-electron chi connectivity index (χ1n) is 36.4. The molecule has 0 saturated carbocycles. The summed E-state index contributed by atoms with van der Waals surface area (Å²) in [4.78, 5) is 12.7. The molecule has 4 unspecified atom stereocenters. The Morgan fingerprint density at radius 2 is 0.403 bits per heavy atom. The zero-order valence-electron chi connectivity index (χ0n) is 54.6. The Morgan fingerprint density at radius 1 is 0.247 bits per heavy atom. The average Bonchev–Trinajstić information content (AvgIpc) is 3.42. The minimum absolute atomic E-state index is 0.222. The molecule has 0 aliphatic heterocycles. The third-order valence-corrected chi connectivity index (χ3v) is 19.4. The maximum atomic E-state index is 15.5. The van der Waals surface area contributed by atoms with Crippen molar-refractivity contribution in [3.8, 4) is 0 Å². The van der Waals surface area contributed by atoms with E-state index in [9.17, 15) is 4.89 Å². The number of phosphoric acid groups is 1. The van der Waals surface area contributed by atoms with E-state index in [0.717, 1.165) is 38.5 Å². The number of unbranched alkanes of at least 4 members (excludes halogenated alkanes) is 40. The van der Waals surface area contributed by atoms with Crippen LogP contribution in [0.3, 0.4) is 0 Å². The second-order valence-electron chi connectivity index (χ2n) is 25.9. The largest absolute Gasteiger partial charge is 0.472 e. The molecule has 0 heterocycles. The molecule has 0 radical (unpaired) electrons. The van der Waals surface area contributed by atoms with Crippen molar-refractivity contribution in [1.29, 1.82) is 0 Å². The van der Waals surface area contributed by atoms with Crippen molar-refractivity contribution < 1.29 is 18.5 Å². The van der Waals surface area contributed by atoms with Crippen LogP contribution in [0.25, 0.3) is 0 Å². The molecule has 0 aliphatic carbocycles. The van der Waals surface area contributed by atoms with E-state index >= 15 is 4.57 Å². The summed E-state index contributed by atoms with van der Waals surface area (Å²) in [5.74, 6) is 1.69. The predicted molar refractivity (Wildman–Crippen MR) is 347 cm³/mol. The van der Waals surface area contributed by atoms with Gasteiger partial charge in [0.25, 0.3) is 0 Å². The maximum Gasteiger partial charge on any atom is 0.472 e. The van der Waals surface area contributed by atoms with E-state index in [1.807, 2.05) is 0 Å². The first-order chi connectivity index (χ1) is 37.7. The van der Waals surface area contributed by atoms with Crippen molar-refractivity contribution in [2.45, 2.75) is 440 Å². The monoisotopic (exact) mass is 1110 g/mol. The molecule has 0 spiro atoms. The summed E-state index contributed by atoms with van der Waals surface area (Å²) in [6, 6.07) is 0. The van der Waals surface area contributed by atoms with Crippen LogP contribution >= 0.6 is 7.82 Å². The van der Waals surface area contributed by atoms with E-state index in [-0.39, 0.29) is 12.2 Å². The molecule has 0 amide bonds. The standard InChI is InChI=1S/C72H147O4P/c1-9-17-25-33-39-41-47-55-63-69(61-53-31-23-15-7)71(65-67(57-49-43-35-27-19-11-3)58-50-44-36-28-20-12-4)75-77(73,74)76-72(70(62-54-32-24-16-8)64-56-48-42-40-34-26-18-10-2)66-68(59-51-45-37-29-21-13-5)60-52-46-38-30-22-14-6/h67-72H,9-66H2,1-8H3,(H,73,74). The van der Waals surface area contributed by atoms with Crippen LogP contribution in [0.2, 0.25) is 0 Å². The van der Waals surface area contributed by atoms with Gasteiger partial charge in [0.1, 0.15) is 0 Å². The fourth-order valence-corrected chi connectivity index (χ4v) is 14.3. The van der Waals surface area contributed by atoms with Crippen molar-refractivity contribution in [3.05, 3.63) is 0 Å². The Kier molecular flexibility index (Phi) is 60.8. The van der Waals surface area contributed by atoms with Crippen LogP contribution in [0.4, 0.5) is 0 Å². The third kappa shape index (κ3) is 51.5. The molecule has 4 nitrogen and oxygen atoms in total. The summed E-state index contributed by atoms with van der Waals surface area (Å²) in [7, 11) is -4.41. The highest BCUT2D eigenvalue weighted by atomic mass is 31.2. The van der Waals surface area contributed by atoms with Crippen LogP contribution in [0, 0.1) is 23.7 Å². The second kappa shape index (κ2) is 60.7. The van der Waals surface area contributed by atoms with Crippen molar-refractivity contribution >= 4 is 7.82 Å². The van der Waals surface area contributed by atoms with Gasteiger partial charge in [0, 0.05) is 0 Å². The molecule has 0 rings (SSSR count). The van der Waals surface area contributed by atoms with Gasteiger partial charge in [-0.3, -0.25) is 9.05 Å². The number of hydrogen-bond donors (Lipinski definition) is 1. The van der Waals surface area contributed by atoms with Gasteiger partial charge in [-0.2, -0.15) is 0 Å². The molecular formula is C72H147O4P. The topological polar surface area (TPSA) is 55.8 Å². The van der Waals surface area contributed by atoms with E-state index in [1.165, 1.54) is 334 Å². The minimum Gasteiger partial charge on any atom is -0.302 e. The Bertz CT molecular complexity index is 1050. The summed E-state index contributed by atoms with van der Waals surface area (Å²) in [6.07, 6.45) is 73.5. The van der Waals surface area contributed by atoms with Crippen molar-refractivity contribution in [2.24, 2.45) is 23.7 Å². The van der Waals surface area contributed by atoms with E-state index in [4.69, 9.17) is 9.05 Å². The number of hydrogen-bond acceptors (Lipinski definition) is 3. The molecule has 4 atom stereocenters. The van der Waals surface area contributed by atoms with Crippen LogP contribution in [0.15, 0.2) is 0 Å². The van der Waals surface area contributed by atoms with Crippen LogP contribution in [-0.2, 0) is 13.6 Å². The SMILES string of the molecule is CCCCCCCCCCC(CCCCCC)C(CC(CCCCCCCC)CCCCCCCC)OP(=O)(O)OC(CC(CCCCCCCC)CCCCCCCC)C(CCCCCC)CCCCCCCCCC. The molecule has 0 aromatic rings. The van der Waals surface area contributed by atoms with Crippen LogP contribution < -0.4 is 0 Å².